The Kier molecular flexibility index (Phi) is 6.01. The van der Waals surface area contributed by atoms with Crippen LogP contribution in [0.4, 0.5) is 4.79 Å². The predicted molar refractivity (Wildman–Crippen MR) is 79.4 cm³/mol. The van der Waals surface area contributed by atoms with Crippen molar-refractivity contribution in [2.75, 3.05) is 12.8 Å². The third-order valence-electron chi connectivity index (χ3n) is 2.96. The molecule has 0 saturated carbocycles. The van der Waals surface area contributed by atoms with Crippen LogP contribution >= 0.6 is 0 Å². The zero-order valence-electron chi connectivity index (χ0n) is 12.1. The molecule has 0 fully saturated rings. The molecule has 2 N–H and O–H groups in total. The molecule has 6 heteroatoms. The van der Waals surface area contributed by atoms with E-state index in [1.54, 1.807) is 24.3 Å². The van der Waals surface area contributed by atoms with Gasteiger partial charge in [0, 0.05) is 12.8 Å². The Balaban J connectivity index is 2.78. The highest BCUT2D eigenvalue weighted by atomic mass is 32.2. The molecule has 1 rings (SSSR count). The molecule has 0 aliphatic rings. The minimum absolute atomic E-state index is 0.125. The first-order chi connectivity index (χ1) is 9.38. The van der Waals surface area contributed by atoms with Crippen molar-refractivity contribution in [2.24, 2.45) is 0 Å². The van der Waals surface area contributed by atoms with E-state index in [0.717, 1.165) is 18.4 Å². The van der Waals surface area contributed by atoms with Crippen LogP contribution in [0.1, 0.15) is 38.3 Å². The zero-order chi connectivity index (χ0) is 15.2. The van der Waals surface area contributed by atoms with Gasteiger partial charge in [-0.3, -0.25) is 0 Å². The van der Waals surface area contributed by atoms with Crippen LogP contribution < -0.4 is 10.6 Å². The van der Waals surface area contributed by atoms with E-state index >= 15 is 0 Å². The van der Waals surface area contributed by atoms with Crippen LogP contribution in [0.2, 0.25) is 0 Å². The molecule has 0 aliphatic carbocycles. The molecule has 20 heavy (non-hydrogen) atoms. The second-order valence-electron chi connectivity index (χ2n) is 4.70. The Morgan fingerprint density at radius 1 is 1.20 bits per heavy atom. The molecule has 1 atom stereocenters. The second kappa shape index (κ2) is 7.28. The van der Waals surface area contributed by atoms with Crippen LogP contribution in [0, 0.1) is 0 Å². The molecule has 112 valence electrons. The van der Waals surface area contributed by atoms with Crippen molar-refractivity contribution in [1.82, 2.24) is 10.6 Å². The van der Waals surface area contributed by atoms with Gasteiger partial charge >= 0.3 is 6.03 Å². The molecule has 1 aromatic rings. The molecule has 1 aromatic carbocycles. The van der Waals surface area contributed by atoms with Gasteiger partial charge in [-0.05, 0) is 30.5 Å². The fourth-order valence-corrected chi connectivity index (χ4v) is 2.45. The molecular formula is C14H22N2O3S. The van der Waals surface area contributed by atoms with Crippen molar-refractivity contribution < 1.29 is 13.2 Å². The predicted octanol–water partition coefficient (Wildman–Crippen LogP) is 2.25. The molecule has 5 nitrogen and oxygen atoms in total. The molecule has 0 heterocycles. The Morgan fingerprint density at radius 2 is 1.80 bits per heavy atom. The van der Waals surface area contributed by atoms with Gasteiger partial charge in [-0.2, -0.15) is 0 Å². The van der Waals surface area contributed by atoms with Crippen LogP contribution in [0.25, 0.3) is 0 Å². The number of hydrogen-bond donors (Lipinski definition) is 2. The first-order valence-corrected chi connectivity index (χ1v) is 8.62. The van der Waals surface area contributed by atoms with E-state index in [1.165, 1.54) is 6.26 Å². The maximum Gasteiger partial charge on any atom is 0.315 e. The van der Waals surface area contributed by atoms with Gasteiger partial charge in [-0.25, -0.2) is 13.2 Å². The molecule has 0 radical (unpaired) electrons. The number of rotatable bonds is 6. The summed E-state index contributed by atoms with van der Waals surface area (Å²) in [5, 5.41) is 5.63. The third-order valence-corrected chi connectivity index (χ3v) is 4.09. The Morgan fingerprint density at radius 3 is 2.25 bits per heavy atom. The fraction of sp³-hybridized carbons (Fsp3) is 0.500. The molecule has 0 aliphatic heterocycles. The first kappa shape index (κ1) is 16.5. The van der Waals surface area contributed by atoms with Gasteiger partial charge in [-0.15, -0.1) is 0 Å². The molecule has 0 spiro atoms. The topological polar surface area (TPSA) is 75.3 Å². The van der Waals surface area contributed by atoms with Crippen molar-refractivity contribution >= 4 is 15.9 Å². The lowest BCUT2D eigenvalue weighted by Crippen LogP contribution is -2.38. The minimum Gasteiger partial charge on any atom is -0.338 e. The van der Waals surface area contributed by atoms with Gasteiger partial charge in [0.25, 0.3) is 0 Å². The fourth-order valence-electron chi connectivity index (χ4n) is 1.82. The van der Waals surface area contributed by atoms with Crippen molar-refractivity contribution in [2.45, 2.75) is 37.6 Å². The maximum absolute atomic E-state index is 11.7. The largest absolute Gasteiger partial charge is 0.338 e. The average Bonchev–Trinajstić information content (AvgIpc) is 2.41. The van der Waals surface area contributed by atoms with Crippen molar-refractivity contribution in [3.8, 4) is 0 Å². The summed E-state index contributed by atoms with van der Waals surface area (Å²) >= 11 is 0. The Labute approximate surface area is 120 Å². The smallest absolute Gasteiger partial charge is 0.315 e. The third kappa shape index (κ3) is 4.85. The molecular weight excluding hydrogens is 276 g/mol. The molecule has 2 amide bonds. The number of carbonyl (C=O) groups is 1. The van der Waals surface area contributed by atoms with Crippen LogP contribution in [-0.4, -0.2) is 27.2 Å². The van der Waals surface area contributed by atoms with Gasteiger partial charge in [0.1, 0.15) is 0 Å². The van der Waals surface area contributed by atoms with Gasteiger partial charge in [0.2, 0.25) is 0 Å². The van der Waals surface area contributed by atoms with E-state index in [4.69, 9.17) is 0 Å². The number of carbonyl (C=O) groups excluding carboxylic acids is 1. The van der Waals surface area contributed by atoms with Gasteiger partial charge in [0.15, 0.2) is 9.84 Å². The number of hydrogen-bond acceptors (Lipinski definition) is 3. The normalized spacial score (nSPS) is 12.8. The number of amides is 2. The summed E-state index contributed by atoms with van der Waals surface area (Å²) in [5.41, 5.74) is 0.895. The SMILES string of the molecule is CCCNC(=O)N[C@H](CC)c1ccc(S(C)(=O)=O)cc1. The van der Waals surface area contributed by atoms with Crippen LogP contribution in [0.15, 0.2) is 29.2 Å². The highest BCUT2D eigenvalue weighted by molar-refractivity contribution is 7.90. The Hall–Kier alpha value is -1.56. The number of benzene rings is 1. The lowest BCUT2D eigenvalue weighted by Gasteiger charge is -2.18. The van der Waals surface area contributed by atoms with Crippen LogP contribution in [-0.2, 0) is 9.84 Å². The van der Waals surface area contributed by atoms with Crippen molar-refractivity contribution in [3.05, 3.63) is 29.8 Å². The van der Waals surface area contributed by atoms with Gasteiger partial charge in [0.05, 0.1) is 10.9 Å². The minimum atomic E-state index is -3.19. The lowest BCUT2D eigenvalue weighted by molar-refractivity contribution is 0.236. The van der Waals surface area contributed by atoms with E-state index < -0.39 is 9.84 Å². The summed E-state index contributed by atoms with van der Waals surface area (Å²) in [4.78, 5) is 11.9. The average molecular weight is 298 g/mol. The summed E-state index contributed by atoms with van der Waals surface area (Å²) in [6, 6.07) is 6.29. The van der Waals surface area contributed by atoms with Crippen molar-refractivity contribution in [1.29, 1.82) is 0 Å². The van der Waals surface area contributed by atoms with Gasteiger partial charge in [-0.1, -0.05) is 26.0 Å². The summed E-state index contributed by atoms with van der Waals surface area (Å²) in [6.07, 6.45) is 2.79. The number of sulfone groups is 1. The van der Waals surface area contributed by atoms with Crippen LogP contribution in [0.5, 0.6) is 0 Å². The highest BCUT2D eigenvalue weighted by Crippen LogP contribution is 2.19. The van der Waals surface area contributed by atoms with E-state index in [0.29, 0.717) is 6.54 Å². The monoisotopic (exact) mass is 298 g/mol. The van der Waals surface area contributed by atoms with Crippen LogP contribution in [0.3, 0.4) is 0 Å². The molecule has 0 saturated heterocycles. The second-order valence-corrected chi connectivity index (χ2v) is 6.72. The zero-order valence-corrected chi connectivity index (χ0v) is 13.0. The lowest BCUT2D eigenvalue weighted by atomic mass is 10.1. The standard InChI is InChI=1S/C14H22N2O3S/c1-4-10-15-14(17)16-13(5-2)11-6-8-12(9-7-11)20(3,18)19/h6-9,13H,4-5,10H2,1-3H3,(H2,15,16,17)/t13-/m1/s1. The molecule has 0 unspecified atom stereocenters. The van der Waals surface area contributed by atoms with E-state index in [1.807, 2.05) is 13.8 Å². The summed E-state index contributed by atoms with van der Waals surface area (Å²) in [5.74, 6) is 0. The molecule has 0 aromatic heterocycles. The maximum atomic E-state index is 11.7. The number of urea groups is 1. The quantitative estimate of drug-likeness (QED) is 0.846. The Bertz CT molecular complexity index is 538. The number of nitrogens with one attached hydrogen (secondary N) is 2. The van der Waals surface area contributed by atoms with E-state index in [-0.39, 0.29) is 17.0 Å². The van der Waals surface area contributed by atoms with E-state index in [9.17, 15) is 13.2 Å². The van der Waals surface area contributed by atoms with Gasteiger partial charge < -0.3 is 10.6 Å². The molecule has 0 bridgehead atoms. The highest BCUT2D eigenvalue weighted by Gasteiger charge is 2.13. The first-order valence-electron chi connectivity index (χ1n) is 6.72. The van der Waals surface area contributed by atoms with Crippen molar-refractivity contribution in [3.63, 3.8) is 0 Å². The van der Waals surface area contributed by atoms with E-state index in [2.05, 4.69) is 10.6 Å². The summed E-state index contributed by atoms with van der Waals surface area (Å²) in [6.45, 7) is 4.59. The summed E-state index contributed by atoms with van der Waals surface area (Å²) in [7, 11) is -3.19. The summed E-state index contributed by atoms with van der Waals surface area (Å²) < 4.78 is 22.8.